The number of unbranched alkanes of at least 4 members (excludes halogenated alkanes) is 6. The lowest BCUT2D eigenvalue weighted by atomic mass is 9.83. The lowest BCUT2D eigenvalue weighted by Crippen LogP contribution is -2.63. The van der Waals surface area contributed by atoms with Gasteiger partial charge in [0.25, 0.3) is 11.6 Å². The first-order chi connectivity index (χ1) is 22.7. The smallest absolute Gasteiger partial charge is 0.257 e. The molecule has 0 N–H and O–H groups in total. The highest BCUT2D eigenvalue weighted by Crippen LogP contribution is 2.63. The van der Waals surface area contributed by atoms with Gasteiger partial charge in [-0.3, -0.25) is 4.79 Å². The molecule has 1 aliphatic carbocycles. The molecule has 5 nitrogen and oxygen atoms in total. The Balaban J connectivity index is 1.26. The van der Waals surface area contributed by atoms with E-state index < -0.39 is 52.0 Å². The van der Waals surface area contributed by atoms with Crippen LogP contribution in [0.15, 0.2) is 24.3 Å². The maximum atomic E-state index is 14.7. The summed E-state index contributed by atoms with van der Waals surface area (Å²) in [6.45, 7) is 2.84. The molecule has 0 saturated carbocycles. The summed E-state index contributed by atoms with van der Waals surface area (Å²) in [6, 6.07) is 7.51. The van der Waals surface area contributed by atoms with E-state index in [0.29, 0.717) is 20.9 Å². The molecule has 1 aromatic carbocycles. The van der Waals surface area contributed by atoms with Crippen molar-refractivity contribution >= 4 is 39.8 Å². The van der Waals surface area contributed by atoms with Gasteiger partial charge < -0.3 is 18.9 Å². The highest BCUT2D eigenvalue weighted by molar-refractivity contribution is 7.27. The standard InChI is InChI=1S/C34H31F5O5S3/c1-2-3-4-5-6-7-8-9-18-10-11-21(45-18)22-16-19-31(46-22)32-20(34-33(19,41-12-14-43-34)42-13-15-44-34)17-23(47-32)30(40)24-25(35)27(37)29(39)28(38)26(24)36/h10-11,16-17H,2-9,12-15H2,1H3. The molecular weight excluding hydrogens is 680 g/mol. The molecule has 3 aromatic heterocycles. The average molecular weight is 711 g/mol. The van der Waals surface area contributed by atoms with Gasteiger partial charge in [-0.15, -0.1) is 34.0 Å². The molecule has 0 atom stereocenters. The van der Waals surface area contributed by atoms with Crippen molar-refractivity contribution in [3.8, 4) is 19.5 Å². The van der Waals surface area contributed by atoms with Crippen LogP contribution in [0, 0.1) is 29.1 Å². The van der Waals surface area contributed by atoms with Gasteiger partial charge in [-0.05, 0) is 37.1 Å². The minimum absolute atomic E-state index is 0.126. The van der Waals surface area contributed by atoms with Crippen molar-refractivity contribution in [2.45, 2.75) is 69.9 Å². The lowest BCUT2D eigenvalue weighted by Gasteiger charge is -2.55. The van der Waals surface area contributed by atoms with E-state index in [0.717, 1.165) is 33.9 Å². The van der Waals surface area contributed by atoms with Gasteiger partial charge in [0.15, 0.2) is 23.3 Å². The zero-order chi connectivity index (χ0) is 32.9. The molecule has 0 amide bonds. The number of hydrogen-bond donors (Lipinski definition) is 0. The second-order valence-corrected chi connectivity index (χ2v) is 15.0. The Morgan fingerprint density at radius 3 is 1.81 bits per heavy atom. The Hall–Kier alpha value is -2.52. The van der Waals surface area contributed by atoms with Crippen LogP contribution in [-0.4, -0.2) is 32.2 Å². The highest BCUT2D eigenvalue weighted by atomic mass is 32.1. The van der Waals surface area contributed by atoms with E-state index in [1.54, 1.807) is 11.3 Å². The summed E-state index contributed by atoms with van der Waals surface area (Å²) in [5, 5.41) is 0. The number of carbonyl (C=O) groups excluding carboxylic acids is 1. The molecule has 0 unspecified atom stereocenters. The van der Waals surface area contributed by atoms with E-state index in [4.69, 9.17) is 18.9 Å². The summed E-state index contributed by atoms with van der Waals surface area (Å²) in [7, 11) is 0. The summed E-state index contributed by atoms with van der Waals surface area (Å²) in [5.41, 5.74) is -0.561. The van der Waals surface area contributed by atoms with Crippen LogP contribution in [0.3, 0.4) is 0 Å². The van der Waals surface area contributed by atoms with Crippen molar-refractivity contribution < 1.29 is 45.7 Å². The fourth-order valence-corrected chi connectivity index (χ4v) is 10.2. The largest absolute Gasteiger partial charge is 0.339 e. The van der Waals surface area contributed by atoms with Gasteiger partial charge in [0.1, 0.15) is 5.56 Å². The van der Waals surface area contributed by atoms with Crippen LogP contribution in [0.25, 0.3) is 19.5 Å². The summed E-state index contributed by atoms with van der Waals surface area (Å²) in [5.74, 6) is -15.6. The monoisotopic (exact) mass is 710 g/mol. The van der Waals surface area contributed by atoms with Crippen molar-refractivity contribution in [1.82, 2.24) is 0 Å². The minimum atomic E-state index is -2.33. The summed E-state index contributed by atoms with van der Waals surface area (Å²) < 4.78 is 96.6. The first-order valence-corrected chi connectivity index (χ1v) is 18.2. The molecule has 2 fully saturated rings. The van der Waals surface area contributed by atoms with Crippen molar-refractivity contribution in [2.24, 2.45) is 0 Å². The van der Waals surface area contributed by atoms with E-state index in [-0.39, 0.29) is 31.3 Å². The Morgan fingerprint density at radius 2 is 1.19 bits per heavy atom. The van der Waals surface area contributed by atoms with Crippen molar-refractivity contribution in [2.75, 3.05) is 26.4 Å². The molecule has 13 heteroatoms. The number of fused-ring (bicyclic) bond motifs is 3. The molecular formula is C34H31F5O5S3. The molecule has 3 aliphatic rings. The molecule has 0 spiro atoms. The maximum absolute atomic E-state index is 14.7. The van der Waals surface area contributed by atoms with Crippen LogP contribution < -0.4 is 0 Å². The highest BCUT2D eigenvalue weighted by Gasteiger charge is 2.67. The number of ether oxygens (including phenoxy) is 4. The molecule has 2 aliphatic heterocycles. The minimum Gasteiger partial charge on any atom is -0.339 e. The average Bonchev–Trinajstić information content (AvgIpc) is 3.85. The zero-order valence-electron chi connectivity index (χ0n) is 25.5. The normalized spacial score (nSPS) is 21.7. The second-order valence-electron chi connectivity index (χ2n) is 11.7. The number of rotatable bonds is 11. The van der Waals surface area contributed by atoms with E-state index in [9.17, 15) is 26.7 Å². The van der Waals surface area contributed by atoms with Crippen LogP contribution >= 0.6 is 34.0 Å². The van der Waals surface area contributed by atoms with Gasteiger partial charge in [-0.25, -0.2) is 22.0 Å². The Bertz CT molecular complexity index is 1790. The third kappa shape index (κ3) is 5.33. The predicted molar refractivity (Wildman–Crippen MR) is 169 cm³/mol. The number of halogens is 5. The Morgan fingerprint density at radius 1 is 0.660 bits per heavy atom. The quantitative estimate of drug-likeness (QED) is 0.0510. The van der Waals surface area contributed by atoms with Crippen LogP contribution in [-0.2, 0) is 36.9 Å². The van der Waals surface area contributed by atoms with Crippen LogP contribution in [0.2, 0.25) is 0 Å². The molecule has 250 valence electrons. The molecule has 7 rings (SSSR count). The van der Waals surface area contributed by atoms with Gasteiger partial charge in [-0.2, -0.15) is 0 Å². The first kappa shape index (κ1) is 33.0. The topological polar surface area (TPSA) is 54.0 Å². The van der Waals surface area contributed by atoms with Gasteiger partial charge in [0.2, 0.25) is 11.6 Å². The van der Waals surface area contributed by atoms with E-state index >= 15 is 0 Å². The van der Waals surface area contributed by atoms with Crippen molar-refractivity contribution in [3.05, 3.63) is 79.8 Å². The zero-order valence-corrected chi connectivity index (χ0v) is 27.9. The molecule has 47 heavy (non-hydrogen) atoms. The van der Waals surface area contributed by atoms with Crippen LogP contribution in [0.4, 0.5) is 22.0 Å². The lowest BCUT2D eigenvalue weighted by molar-refractivity contribution is -0.483. The fraction of sp³-hybridized carbons (Fsp3) is 0.441. The fourth-order valence-electron chi connectivity index (χ4n) is 6.54. The molecule has 5 heterocycles. The number of hydrogen-bond acceptors (Lipinski definition) is 8. The summed E-state index contributed by atoms with van der Waals surface area (Å²) >= 11 is 4.02. The summed E-state index contributed by atoms with van der Waals surface area (Å²) in [4.78, 5) is 17.7. The van der Waals surface area contributed by atoms with Gasteiger partial charge in [0.05, 0.1) is 41.1 Å². The number of aryl methyl sites for hydroxylation is 1. The molecule has 2 saturated heterocycles. The Labute approximate surface area is 280 Å². The van der Waals surface area contributed by atoms with Crippen molar-refractivity contribution in [3.63, 3.8) is 0 Å². The second kappa shape index (κ2) is 13.1. The third-order valence-electron chi connectivity index (χ3n) is 8.79. The third-order valence-corrected chi connectivity index (χ3v) is 12.6. The number of ketones is 1. The van der Waals surface area contributed by atoms with Gasteiger partial charge in [-0.1, -0.05) is 45.4 Å². The maximum Gasteiger partial charge on any atom is 0.257 e. The molecule has 0 bridgehead atoms. The Kier molecular flexibility index (Phi) is 9.18. The van der Waals surface area contributed by atoms with Crippen molar-refractivity contribution in [1.29, 1.82) is 0 Å². The van der Waals surface area contributed by atoms with Gasteiger partial charge >= 0.3 is 0 Å². The van der Waals surface area contributed by atoms with E-state index in [2.05, 4.69) is 19.1 Å². The van der Waals surface area contributed by atoms with E-state index in [1.165, 1.54) is 60.8 Å². The van der Waals surface area contributed by atoms with Crippen LogP contribution in [0.1, 0.15) is 83.1 Å². The SMILES string of the molecule is CCCCCCCCCc1ccc(-c2cc3c(s2)-c2sc(C(=O)c4c(F)c(F)c(F)c(F)c4F)cc2C24OCCOC32OCCO4)s1. The number of benzene rings is 1. The van der Waals surface area contributed by atoms with Gasteiger partial charge in [0, 0.05) is 25.8 Å². The number of carbonyl (C=O) groups is 1. The first-order valence-electron chi connectivity index (χ1n) is 15.7. The van der Waals surface area contributed by atoms with E-state index in [1.807, 2.05) is 6.07 Å². The predicted octanol–water partition coefficient (Wildman–Crippen LogP) is 9.84. The number of thiophene rings is 3. The molecule has 4 aromatic rings. The van der Waals surface area contributed by atoms with Crippen LogP contribution in [0.5, 0.6) is 0 Å². The molecule has 0 radical (unpaired) electrons. The summed E-state index contributed by atoms with van der Waals surface area (Å²) in [6.07, 6.45) is 9.61.